The molecular formula is C28H24ClN5O2. The van der Waals surface area contributed by atoms with E-state index in [4.69, 9.17) is 11.6 Å². The number of halogens is 1. The molecule has 36 heavy (non-hydrogen) atoms. The number of carbonyl (C=O) groups excluding carboxylic acids is 2. The molecule has 1 aromatic heterocycles. The number of hydrogen-bond donors (Lipinski definition) is 2. The molecule has 4 aromatic rings. The molecule has 4 rings (SSSR count). The molecule has 0 spiro atoms. The highest BCUT2D eigenvalue weighted by Crippen LogP contribution is 2.19. The number of anilines is 1. The Bertz CT molecular complexity index is 1450. The van der Waals surface area contributed by atoms with E-state index < -0.39 is 11.8 Å². The van der Waals surface area contributed by atoms with Gasteiger partial charge in [-0.25, -0.2) is 10.4 Å². The van der Waals surface area contributed by atoms with E-state index in [-0.39, 0.29) is 10.9 Å². The Morgan fingerprint density at radius 1 is 0.944 bits per heavy atom. The number of fused-ring (bicyclic) bond motifs is 1. The Balaban J connectivity index is 1.56. The van der Waals surface area contributed by atoms with Gasteiger partial charge in [-0.05, 0) is 48.0 Å². The standard InChI is InChI=1S/C28H24ClN5O2/c1-34(2)23-14-12-19(13-15-23)16-25(32-27(35)20-8-4-3-5-9-20)28(36)33-30-18-22-17-21-10-6-7-11-24(21)31-26(22)29/h3-18H,1-2H3,(H,32,35)(H,33,36)/b25-16-,30-18+. The first-order valence-corrected chi connectivity index (χ1v) is 11.5. The van der Waals surface area contributed by atoms with Crippen LogP contribution >= 0.6 is 11.6 Å². The van der Waals surface area contributed by atoms with Crippen LogP contribution in [-0.2, 0) is 4.79 Å². The van der Waals surface area contributed by atoms with Crippen LogP contribution in [0.5, 0.6) is 0 Å². The summed E-state index contributed by atoms with van der Waals surface area (Å²) in [7, 11) is 3.89. The maximum atomic E-state index is 13.0. The maximum Gasteiger partial charge on any atom is 0.287 e. The van der Waals surface area contributed by atoms with Crippen LogP contribution in [0.1, 0.15) is 21.5 Å². The molecule has 7 nitrogen and oxygen atoms in total. The molecule has 0 aliphatic rings. The summed E-state index contributed by atoms with van der Waals surface area (Å²) in [5, 5.41) is 7.89. The molecule has 180 valence electrons. The minimum atomic E-state index is -0.586. The average molecular weight is 498 g/mol. The number of nitrogens with one attached hydrogen (secondary N) is 2. The highest BCUT2D eigenvalue weighted by Gasteiger charge is 2.14. The lowest BCUT2D eigenvalue weighted by atomic mass is 10.1. The average Bonchev–Trinajstić information content (AvgIpc) is 2.89. The lowest BCUT2D eigenvalue weighted by Gasteiger charge is -2.12. The number of benzene rings is 3. The van der Waals surface area contributed by atoms with E-state index >= 15 is 0 Å². The predicted octanol–water partition coefficient (Wildman–Crippen LogP) is 4.88. The highest BCUT2D eigenvalue weighted by atomic mass is 35.5. The minimum Gasteiger partial charge on any atom is -0.378 e. The molecule has 0 bridgehead atoms. The zero-order chi connectivity index (χ0) is 25.5. The van der Waals surface area contributed by atoms with Crippen molar-refractivity contribution in [3.8, 4) is 0 Å². The fraction of sp³-hybridized carbons (Fsp3) is 0.0714. The predicted molar refractivity (Wildman–Crippen MR) is 145 cm³/mol. The van der Waals surface area contributed by atoms with Gasteiger partial charge in [0.2, 0.25) is 0 Å². The molecule has 0 saturated heterocycles. The molecule has 3 aromatic carbocycles. The van der Waals surface area contributed by atoms with Crippen LogP contribution < -0.4 is 15.6 Å². The van der Waals surface area contributed by atoms with Crippen molar-refractivity contribution in [2.45, 2.75) is 0 Å². The van der Waals surface area contributed by atoms with Crippen molar-refractivity contribution in [2.24, 2.45) is 5.10 Å². The number of pyridine rings is 1. The van der Waals surface area contributed by atoms with Gasteiger partial charge in [0.05, 0.1) is 11.7 Å². The quantitative estimate of drug-likeness (QED) is 0.165. The normalized spacial score (nSPS) is 11.5. The number of hydrazone groups is 1. The van der Waals surface area contributed by atoms with Gasteiger partial charge >= 0.3 is 0 Å². The van der Waals surface area contributed by atoms with Gasteiger partial charge in [0.25, 0.3) is 11.8 Å². The van der Waals surface area contributed by atoms with Crippen molar-refractivity contribution in [3.63, 3.8) is 0 Å². The number of aromatic nitrogens is 1. The number of hydrogen-bond acceptors (Lipinski definition) is 5. The summed E-state index contributed by atoms with van der Waals surface area (Å²) in [5.41, 5.74) is 6.00. The number of rotatable bonds is 7. The van der Waals surface area contributed by atoms with Crippen LogP contribution in [0.4, 0.5) is 5.69 Å². The van der Waals surface area contributed by atoms with Gasteiger partial charge in [-0.2, -0.15) is 5.10 Å². The summed E-state index contributed by atoms with van der Waals surface area (Å²) in [5.74, 6) is -0.996. The summed E-state index contributed by atoms with van der Waals surface area (Å²) < 4.78 is 0. The van der Waals surface area contributed by atoms with Crippen molar-refractivity contribution in [2.75, 3.05) is 19.0 Å². The van der Waals surface area contributed by atoms with E-state index in [0.29, 0.717) is 11.1 Å². The molecule has 0 aliphatic heterocycles. The van der Waals surface area contributed by atoms with Crippen LogP contribution in [0.2, 0.25) is 5.15 Å². The molecule has 0 atom stereocenters. The third-order valence-corrected chi connectivity index (χ3v) is 5.63. The van der Waals surface area contributed by atoms with Crippen LogP contribution in [0.15, 0.2) is 95.7 Å². The molecule has 1 heterocycles. The van der Waals surface area contributed by atoms with E-state index in [1.807, 2.05) is 79.7 Å². The van der Waals surface area contributed by atoms with E-state index in [2.05, 4.69) is 20.8 Å². The minimum absolute atomic E-state index is 0.0429. The fourth-order valence-corrected chi connectivity index (χ4v) is 3.59. The Hall–Kier alpha value is -4.49. The number of carbonyl (C=O) groups is 2. The lowest BCUT2D eigenvalue weighted by Crippen LogP contribution is -2.32. The van der Waals surface area contributed by atoms with Gasteiger partial charge in [-0.15, -0.1) is 0 Å². The van der Waals surface area contributed by atoms with E-state index in [1.165, 1.54) is 6.21 Å². The van der Waals surface area contributed by atoms with Crippen molar-refractivity contribution < 1.29 is 9.59 Å². The van der Waals surface area contributed by atoms with Crippen molar-refractivity contribution in [1.82, 2.24) is 15.7 Å². The first kappa shape index (κ1) is 24.6. The van der Waals surface area contributed by atoms with Gasteiger partial charge in [0.1, 0.15) is 10.9 Å². The zero-order valence-corrected chi connectivity index (χ0v) is 20.5. The molecule has 2 amide bonds. The van der Waals surface area contributed by atoms with Crippen LogP contribution in [0, 0.1) is 0 Å². The monoisotopic (exact) mass is 497 g/mol. The third-order valence-electron chi connectivity index (χ3n) is 5.32. The molecule has 8 heteroatoms. The molecule has 0 saturated carbocycles. The molecule has 0 fully saturated rings. The van der Waals surface area contributed by atoms with Gasteiger partial charge in [-0.1, -0.05) is 60.1 Å². The SMILES string of the molecule is CN(C)c1ccc(/C=C(\NC(=O)c2ccccc2)C(=O)N/N=C/c2cc3ccccc3nc2Cl)cc1. The zero-order valence-electron chi connectivity index (χ0n) is 19.8. The molecule has 2 N–H and O–H groups in total. The van der Waals surface area contributed by atoms with Gasteiger partial charge in [-0.3, -0.25) is 9.59 Å². The fourth-order valence-electron chi connectivity index (χ4n) is 3.40. The van der Waals surface area contributed by atoms with Crippen molar-refractivity contribution in [1.29, 1.82) is 0 Å². The summed E-state index contributed by atoms with van der Waals surface area (Å²) in [6, 6.07) is 25.6. The second-order valence-electron chi connectivity index (χ2n) is 8.12. The molecular weight excluding hydrogens is 474 g/mol. The summed E-state index contributed by atoms with van der Waals surface area (Å²) >= 11 is 6.27. The molecule has 0 aliphatic carbocycles. The Kier molecular flexibility index (Phi) is 7.72. The summed E-state index contributed by atoms with van der Waals surface area (Å²) in [4.78, 5) is 32.1. The number of amides is 2. The maximum absolute atomic E-state index is 13.0. The van der Waals surface area contributed by atoms with E-state index in [1.54, 1.807) is 30.3 Å². The summed E-state index contributed by atoms with van der Waals surface area (Å²) in [6.07, 6.45) is 3.01. The number of para-hydroxylation sites is 1. The second-order valence-corrected chi connectivity index (χ2v) is 8.48. The first-order valence-electron chi connectivity index (χ1n) is 11.1. The third kappa shape index (κ3) is 6.14. The largest absolute Gasteiger partial charge is 0.378 e. The van der Waals surface area contributed by atoms with Crippen molar-refractivity contribution >= 4 is 52.3 Å². The first-order chi connectivity index (χ1) is 17.4. The van der Waals surface area contributed by atoms with Gasteiger partial charge in [0.15, 0.2) is 0 Å². The van der Waals surface area contributed by atoms with Crippen LogP contribution in [0.3, 0.4) is 0 Å². The van der Waals surface area contributed by atoms with Crippen LogP contribution in [-0.4, -0.2) is 37.1 Å². The highest BCUT2D eigenvalue weighted by molar-refractivity contribution is 6.32. The van der Waals surface area contributed by atoms with Gasteiger partial charge in [0, 0.05) is 36.3 Å². The Morgan fingerprint density at radius 2 is 1.64 bits per heavy atom. The smallest absolute Gasteiger partial charge is 0.287 e. The van der Waals surface area contributed by atoms with Crippen molar-refractivity contribution in [3.05, 3.63) is 112 Å². The number of nitrogens with zero attached hydrogens (tertiary/aromatic N) is 3. The van der Waals surface area contributed by atoms with Crippen LogP contribution in [0.25, 0.3) is 17.0 Å². The van der Waals surface area contributed by atoms with E-state index in [9.17, 15) is 9.59 Å². The molecule has 0 radical (unpaired) electrons. The van der Waals surface area contributed by atoms with Gasteiger partial charge < -0.3 is 10.2 Å². The summed E-state index contributed by atoms with van der Waals surface area (Å²) in [6.45, 7) is 0. The van der Waals surface area contributed by atoms with E-state index in [0.717, 1.165) is 22.2 Å². The topological polar surface area (TPSA) is 86.7 Å². The second kappa shape index (κ2) is 11.3. The Morgan fingerprint density at radius 3 is 2.36 bits per heavy atom. The Labute approximate surface area is 214 Å². The molecule has 0 unspecified atom stereocenters. The lowest BCUT2D eigenvalue weighted by molar-refractivity contribution is -0.117.